The Labute approximate surface area is 150 Å². The molecule has 0 radical (unpaired) electrons. The molecule has 4 nitrogen and oxygen atoms in total. The van der Waals surface area contributed by atoms with Crippen LogP contribution in [0, 0.1) is 0 Å². The summed E-state index contributed by atoms with van der Waals surface area (Å²) < 4.78 is 5.84. The van der Waals surface area contributed by atoms with E-state index in [4.69, 9.17) is 16.3 Å². The normalized spacial score (nSPS) is 19.1. The molecule has 0 saturated carbocycles. The third-order valence-electron chi connectivity index (χ3n) is 4.49. The molecular formula is C20H17ClN2O2. The summed E-state index contributed by atoms with van der Waals surface area (Å²) in [6.45, 7) is 1.97. The zero-order valence-electron chi connectivity index (χ0n) is 13.7. The third-order valence-corrected chi connectivity index (χ3v) is 4.72. The summed E-state index contributed by atoms with van der Waals surface area (Å²) in [4.78, 5) is 17.2. The van der Waals surface area contributed by atoms with Gasteiger partial charge in [0.15, 0.2) is 0 Å². The van der Waals surface area contributed by atoms with E-state index in [2.05, 4.69) is 10.3 Å². The lowest BCUT2D eigenvalue weighted by Gasteiger charge is -2.30. The van der Waals surface area contributed by atoms with Crippen LogP contribution in [0.25, 0.3) is 10.8 Å². The van der Waals surface area contributed by atoms with Gasteiger partial charge >= 0.3 is 0 Å². The molecule has 3 aromatic rings. The number of aromatic nitrogens is 1. The van der Waals surface area contributed by atoms with E-state index < -0.39 is 0 Å². The summed E-state index contributed by atoms with van der Waals surface area (Å²) in [7, 11) is 0. The van der Waals surface area contributed by atoms with Gasteiger partial charge in [-0.1, -0.05) is 35.9 Å². The van der Waals surface area contributed by atoms with Crippen molar-refractivity contribution < 1.29 is 9.53 Å². The number of amides is 1. The van der Waals surface area contributed by atoms with E-state index >= 15 is 0 Å². The maximum absolute atomic E-state index is 13.0. The number of benzene rings is 2. The molecule has 2 aromatic carbocycles. The highest BCUT2D eigenvalue weighted by Crippen LogP contribution is 2.38. The molecule has 0 saturated heterocycles. The SMILES string of the molecule is C[C@@H]1C[C@@H](C(=O)Nc2cncc3ccccc23)c2cc(Cl)ccc2O1. The second kappa shape index (κ2) is 6.37. The second-order valence-electron chi connectivity index (χ2n) is 6.30. The number of nitrogens with zero attached hydrogens (tertiary/aromatic N) is 1. The van der Waals surface area contributed by atoms with Crippen LogP contribution in [0.1, 0.15) is 24.8 Å². The highest BCUT2D eigenvalue weighted by Gasteiger charge is 2.31. The maximum atomic E-state index is 13.0. The van der Waals surface area contributed by atoms with Crippen LogP contribution < -0.4 is 10.1 Å². The number of anilines is 1. The number of hydrogen-bond donors (Lipinski definition) is 1. The fourth-order valence-electron chi connectivity index (χ4n) is 3.31. The molecule has 2 atom stereocenters. The molecule has 1 aromatic heterocycles. The van der Waals surface area contributed by atoms with Crippen LogP contribution in [0.2, 0.25) is 5.02 Å². The van der Waals surface area contributed by atoms with E-state index in [0.29, 0.717) is 17.1 Å². The molecule has 0 bridgehead atoms. The summed E-state index contributed by atoms with van der Waals surface area (Å²) >= 11 is 6.12. The van der Waals surface area contributed by atoms with Crippen LogP contribution in [-0.2, 0) is 4.79 Å². The average molecular weight is 353 g/mol. The van der Waals surface area contributed by atoms with E-state index in [1.165, 1.54) is 0 Å². The second-order valence-corrected chi connectivity index (χ2v) is 6.73. The van der Waals surface area contributed by atoms with Gasteiger partial charge in [0.2, 0.25) is 5.91 Å². The van der Waals surface area contributed by atoms with Crippen molar-refractivity contribution in [1.82, 2.24) is 4.98 Å². The van der Waals surface area contributed by atoms with Gasteiger partial charge in [-0.3, -0.25) is 9.78 Å². The summed E-state index contributed by atoms with van der Waals surface area (Å²) in [5, 5.41) is 5.59. The molecule has 126 valence electrons. The lowest BCUT2D eigenvalue weighted by molar-refractivity contribution is -0.118. The predicted molar refractivity (Wildman–Crippen MR) is 99.3 cm³/mol. The lowest BCUT2D eigenvalue weighted by atomic mass is 9.89. The van der Waals surface area contributed by atoms with Gasteiger partial charge in [0.1, 0.15) is 5.75 Å². The predicted octanol–water partition coefficient (Wildman–Crippen LogP) is 4.78. The molecule has 0 fully saturated rings. The van der Waals surface area contributed by atoms with Crippen molar-refractivity contribution in [2.75, 3.05) is 5.32 Å². The summed E-state index contributed by atoms with van der Waals surface area (Å²) in [5.41, 5.74) is 1.54. The first-order valence-electron chi connectivity index (χ1n) is 8.21. The number of nitrogens with one attached hydrogen (secondary N) is 1. The van der Waals surface area contributed by atoms with E-state index in [0.717, 1.165) is 22.1 Å². The third kappa shape index (κ3) is 3.05. The van der Waals surface area contributed by atoms with Crippen LogP contribution in [-0.4, -0.2) is 17.0 Å². The number of rotatable bonds is 2. The van der Waals surface area contributed by atoms with Crippen LogP contribution in [0.3, 0.4) is 0 Å². The maximum Gasteiger partial charge on any atom is 0.232 e. The number of pyridine rings is 1. The topological polar surface area (TPSA) is 51.2 Å². The van der Waals surface area contributed by atoms with E-state index in [1.807, 2.05) is 43.3 Å². The van der Waals surface area contributed by atoms with Crippen LogP contribution in [0.5, 0.6) is 5.75 Å². The van der Waals surface area contributed by atoms with Crippen LogP contribution in [0.4, 0.5) is 5.69 Å². The number of carbonyl (C=O) groups excluding carboxylic acids is 1. The summed E-state index contributed by atoms with van der Waals surface area (Å²) in [6.07, 6.45) is 4.05. The summed E-state index contributed by atoms with van der Waals surface area (Å²) in [6, 6.07) is 13.3. The Hall–Kier alpha value is -2.59. The average Bonchev–Trinajstić information content (AvgIpc) is 2.61. The zero-order valence-corrected chi connectivity index (χ0v) is 14.5. The first kappa shape index (κ1) is 15.9. The van der Waals surface area contributed by atoms with Crippen molar-refractivity contribution >= 4 is 34.0 Å². The Morgan fingerprint density at radius 3 is 2.96 bits per heavy atom. The first-order chi connectivity index (χ1) is 12.1. The Morgan fingerprint density at radius 1 is 1.24 bits per heavy atom. The highest BCUT2D eigenvalue weighted by atomic mass is 35.5. The Bertz CT molecular complexity index is 952. The molecule has 5 heteroatoms. The molecule has 0 spiro atoms. The Kier molecular flexibility index (Phi) is 4.06. The number of carbonyl (C=O) groups is 1. The van der Waals surface area contributed by atoms with Crippen molar-refractivity contribution in [3.8, 4) is 5.75 Å². The number of ether oxygens (including phenoxy) is 1. The van der Waals surface area contributed by atoms with Gasteiger partial charge in [0, 0.05) is 27.6 Å². The minimum Gasteiger partial charge on any atom is -0.490 e. The van der Waals surface area contributed by atoms with Crippen molar-refractivity contribution in [3.63, 3.8) is 0 Å². The molecule has 25 heavy (non-hydrogen) atoms. The monoisotopic (exact) mass is 352 g/mol. The van der Waals surface area contributed by atoms with E-state index in [1.54, 1.807) is 18.5 Å². The van der Waals surface area contributed by atoms with Gasteiger partial charge in [-0.25, -0.2) is 0 Å². The quantitative estimate of drug-likeness (QED) is 0.722. The van der Waals surface area contributed by atoms with Crippen LogP contribution in [0.15, 0.2) is 54.9 Å². The van der Waals surface area contributed by atoms with Gasteiger partial charge in [-0.05, 0) is 31.5 Å². The van der Waals surface area contributed by atoms with Gasteiger partial charge < -0.3 is 10.1 Å². The molecule has 1 aliphatic heterocycles. The molecule has 1 aliphatic rings. The molecule has 0 aliphatic carbocycles. The van der Waals surface area contributed by atoms with Crippen molar-refractivity contribution in [1.29, 1.82) is 0 Å². The minimum absolute atomic E-state index is 0.0323. The zero-order chi connectivity index (χ0) is 17.4. The molecule has 1 N–H and O–H groups in total. The van der Waals surface area contributed by atoms with Crippen molar-refractivity contribution in [3.05, 3.63) is 65.4 Å². The van der Waals surface area contributed by atoms with Gasteiger partial charge in [-0.2, -0.15) is 0 Å². The standard InChI is InChI=1S/C20H17ClN2O2/c1-12-8-17(16-9-14(21)6-7-19(16)25-12)20(24)23-18-11-22-10-13-4-2-3-5-15(13)18/h2-7,9-12,17H,8H2,1H3,(H,23,24)/t12-,17-/m1/s1. The smallest absolute Gasteiger partial charge is 0.232 e. The Balaban J connectivity index is 1.68. The van der Waals surface area contributed by atoms with Gasteiger partial charge in [0.05, 0.1) is 23.9 Å². The van der Waals surface area contributed by atoms with E-state index in [-0.39, 0.29) is 17.9 Å². The van der Waals surface area contributed by atoms with Gasteiger partial charge in [0.25, 0.3) is 0 Å². The Morgan fingerprint density at radius 2 is 2.08 bits per heavy atom. The van der Waals surface area contributed by atoms with Crippen molar-refractivity contribution in [2.45, 2.75) is 25.4 Å². The fraction of sp³-hybridized carbons (Fsp3) is 0.200. The van der Waals surface area contributed by atoms with Crippen LogP contribution >= 0.6 is 11.6 Å². The summed E-state index contributed by atoms with van der Waals surface area (Å²) in [5.74, 6) is 0.340. The van der Waals surface area contributed by atoms with E-state index in [9.17, 15) is 4.79 Å². The fourth-order valence-corrected chi connectivity index (χ4v) is 3.49. The molecule has 1 amide bonds. The number of hydrogen-bond acceptors (Lipinski definition) is 3. The molecular weight excluding hydrogens is 336 g/mol. The lowest BCUT2D eigenvalue weighted by Crippen LogP contribution is -2.30. The highest BCUT2D eigenvalue weighted by molar-refractivity contribution is 6.30. The first-order valence-corrected chi connectivity index (χ1v) is 8.59. The minimum atomic E-state index is -0.309. The number of fused-ring (bicyclic) bond motifs is 2. The van der Waals surface area contributed by atoms with Crippen molar-refractivity contribution in [2.24, 2.45) is 0 Å². The van der Waals surface area contributed by atoms with Gasteiger partial charge in [-0.15, -0.1) is 0 Å². The largest absolute Gasteiger partial charge is 0.490 e. The molecule has 4 rings (SSSR count). The molecule has 0 unspecified atom stereocenters. The number of halogens is 1. The molecule has 2 heterocycles.